The summed E-state index contributed by atoms with van der Waals surface area (Å²) < 4.78 is 0. The van der Waals surface area contributed by atoms with Crippen LogP contribution in [0.25, 0.3) is 0 Å². The van der Waals surface area contributed by atoms with Crippen LogP contribution in [0, 0.1) is 11.3 Å². The first-order chi connectivity index (χ1) is 11.8. The SMILES string of the molecule is CN1CCCCC1CCC(C#N)(c1ccccc1)c1ccccc1. The van der Waals surface area contributed by atoms with Crippen LogP contribution < -0.4 is 0 Å². The minimum absolute atomic E-state index is 0.555. The Morgan fingerprint density at radius 2 is 1.58 bits per heavy atom. The van der Waals surface area contributed by atoms with E-state index in [1.807, 2.05) is 36.4 Å². The van der Waals surface area contributed by atoms with Crippen LogP contribution in [-0.4, -0.2) is 24.5 Å². The van der Waals surface area contributed by atoms with Crippen LogP contribution >= 0.6 is 0 Å². The minimum Gasteiger partial charge on any atom is -0.303 e. The van der Waals surface area contributed by atoms with Gasteiger partial charge in [-0.25, -0.2) is 0 Å². The second-order valence-corrected chi connectivity index (χ2v) is 6.92. The van der Waals surface area contributed by atoms with Gasteiger partial charge in [-0.2, -0.15) is 5.26 Å². The smallest absolute Gasteiger partial charge is 0.107 e. The number of hydrogen-bond donors (Lipinski definition) is 0. The molecule has 0 saturated carbocycles. The third-order valence-corrected chi connectivity index (χ3v) is 5.50. The quantitative estimate of drug-likeness (QED) is 0.794. The molecule has 1 fully saturated rings. The molecule has 1 unspecified atom stereocenters. The second-order valence-electron chi connectivity index (χ2n) is 6.92. The van der Waals surface area contributed by atoms with E-state index in [9.17, 15) is 5.26 Å². The molecule has 2 aromatic carbocycles. The van der Waals surface area contributed by atoms with E-state index in [1.165, 1.54) is 25.8 Å². The summed E-state index contributed by atoms with van der Waals surface area (Å²) in [5.74, 6) is 0. The summed E-state index contributed by atoms with van der Waals surface area (Å²) in [6.07, 6.45) is 5.79. The topological polar surface area (TPSA) is 27.0 Å². The summed E-state index contributed by atoms with van der Waals surface area (Å²) in [7, 11) is 2.23. The molecule has 2 nitrogen and oxygen atoms in total. The van der Waals surface area contributed by atoms with E-state index in [0.717, 1.165) is 24.0 Å². The molecule has 1 aliphatic heterocycles. The largest absolute Gasteiger partial charge is 0.303 e. The van der Waals surface area contributed by atoms with Gasteiger partial charge in [-0.1, -0.05) is 67.1 Å². The number of piperidine rings is 1. The monoisotopic (exact) mass is 318 g/mol. The van der Waals surface area contributed by atoms with Crippen molar-refractivity contribution < 1.29 is 0 Å². The van der Waals surface area contributed by atoms with Gasteiger partial charge in [-0.3, -0.25) is 0 Å². The Hall–Kier alpha value is -2.11. The average Bonchev–Trinajstić information content (AvgIpc) is 2.66. The summed E-state index contributed by atoms with van der Waals surface area (Å²) in [5.41, 5.74) is 1.66. The fourth-order valence-electron chi connectivity index (χ4n) is 3.98. The van der Waals surface area contributed by atoms with Crippen molar-refractivity contribution in [2.24, 2.45) is 0 Å². The van der Waals surface area contributed by atoms with Gasteiger partial charge in [0, 0.05) is 6.04 Å². The Kier molecular flexibility index (Phi) is 5.33. The Labute approximate surface area is 145 Å². The predicted molar refractivity (Wildman–Crippen MR) is 98.8 cm³/mol. The fourth-order valence-corrected chi connectivity index (χ4v) is 3.98. The second kappa shape index (κ2) is 7.64. The van der Waals surface area contributed by atoms with Crippen LogP contribution in [0.5, 0.6) is 0 Å². The Balaban J connectivity index is 1.92. The molecule has 1 heterocycles. The highest BCUT2D eigenvalue weighted by atomic mass is 15.1. The fraction of sp³-hybridized carbons (Fsp3) is 0.409. The van der Waals surface area contributed by atoms with E-state index in [-0.39, 0.29) is 0 Å². The van der Waals surface area contributed by atoms with Gasteiger partial charge < -0.3 is 4.90 Å². The van der Waals surface area contributed by atoms with E-state index >= 15 is 0 Å². The standard InChI is InChI=1S/C22H26N2/c1-24-17-9-8-14-21(24)15-16-22(18-23,19-10-4-2-5-11-19)20-12-6-3-7-13-20/h2-7,10-13,21H,8-9,14-17H2,1H3. The van der Waals surface area contributed by atoms with Gasteiger partial charge in [0.1, 0.15) is 5.41 Å². The van der Waals surface area contributed by atoms with Gasteiger partial charge in [0.15, 0.2) is 0 Å². The van der Waals surface area contributed by atoms with E-state index < -0.39 is 5.41 Å². The molecule has 0 bridgehead atoms. The van der Waals surface area contributed by atoms with Crippen molar-refractivity contribution in [3.63, 3.8) is 0 Å². The van der Waals surface area contributed by atoms with E-state index in [1.54, 1.807) is 0 Å². The zero-order valence-electron chi connectivity index (χ0n) is 14.5. The van der Waals surface area contributed by atoms with E-state index in [4.69, 9.17) is 0 Å². The zero-order chi connectivity index (χ0) is 16.8. The maximum atomic E-state index is 10.2. The Morgan fingerprint density at radius 3 is 2.08 bits per heavy atom. The van der Waals surface area contributed by atoms with Gasteiger partial charge in [-0.05, 0) is 50.4 Å². The Bertz CT molecular complexity index is 633. The maximum absolute atomic E-state index is 10.2. The van der Waals surface area contributed by atoms with Crippen molar-refractivity contribution in [1.29, 1.82) is 5.26 Å². The highest BCUT2D eigenvalue weighted by Crippen LogP contribution is 2.37. The summed E-state index contributed by atoms with van der Waals surface area (Å²) in [4.78, 5) is 2.47. The van der Waals surface area contributed by atoms with E-state index in [2.05, 4.69) is 42.3 Å². The number of nitriles is 1. The number of nitrogens with zero attached hydrogens (tertiary/aromatic N) is 2. The molecule has 3 rings (SSSR count). The lowest BCUT2D eigenvalue weighted by molar-refractivity contribution is 0.170. The van der Waals surface area contributed by atoms with Crippen LogP contribution in [0.15, 0.2) is 60.7 Å². The van der Waals surface area contributed by atoms with Crippen molar-refractivity contribution in [2.75, 3.05) is 13.6 Å². The first-order valence-electron chi connectivity index (χ1n) is 8.99. The van der Waals surface area contributed by atoms with Gasteiger partial charge in [0.25, 0.3) is 0 Å². The van der Waals surface area contributed by atoms with E-state index in [0.29, 0.717) is 6.04 Å². The maximum Gasteiger partial charge on any atom is 0.107 e. The molecule has 0 amide bonds. The zero-order valence-corrected chi connectivity index (χ0v) is 14.5. The number of likely N-dealkylation sites (tertiary alicyclic amines) is 1. The first-order valence-corrected chi connectivity index (χ1v) is 8.99. The van der Waals surface area contributed by atoms with Crippen molar-refractivity contribution in [3.8, 4) is 6.07 Å². The van der Waals surface area contributed by atoms with Gasteiger partial charge in [0.05, 0.1) is 6.07 Å². The third-order valence-electron chi connectivity index (χ3n) is 5.50. The van der Waals surface area contributed by atoms with Gasteiger partial charge in [-0.15, -0.1) is 0 Å². The molecule has 0 N–H and O–H groups in total. The lowest BCUT2D eigenvalue weighted by atomic mass is 9.71. The molecule has 1 atom stereocenters. The molecule has 2 aromatic rings. The van der Waals surface area contributed by atoms with Crippen molar-refractivity contribution in [2.45, 2.75) is 43.6 Å². The van der Waals surface area contributed by atoms with Gasteiger partial charge in [0.2, 0.25) is 0 Å². The molecule has 124 valence electrons. The van der Waals surface area contributed by atoms with Gasteiger partial charge >= 0.3 is 0 Å². The normalized spacial score (nSPS) is 18.9. The highest BCUT2D eigenvalue weighted by Gasteiger charge is 2.35. The molecule has 1 aliphatic rings. The molecule has 0 aromatic heterocycles. The van der Waals surface area contributed by atoms with Crippen LogP contribution in [0.1, 0.15) is 43.2 Å². The minimum atomic E-state index is -0.555. The lowest BCUT2D eigenvalue weighted by Crippen LogP contribution is -2.38. The van der Waals surface area contributed by atoms with Crippen LogP contribution in [0.3, 0.4) is 0 Å². The molecule has 0 spiro atoms. The van der Waals surface area contributed by atoms with Crippen molar-refractivity contribution >= 4 is 0 Å². The summed E-state index contributed by atoms with van der Waals surface area (Å²) in [6.45, 7) is 1.18. The lowest BCUT2D eigenvalue weighted by Gasteiger charge is -2.35. The predicted octanol–water partition coefficient (Wildman–Crippen LogP) is 4.76. The van der Waals surface area contributed by atoms with Crippen LogP contribution in [0.2, 0.25) is 0 Å². The third kappa shape index (κ3) is 3.37. The number of rotatable bonds is 5. The van der Waals surface area contributed by atoms with Crippen molar-refractivity contribution in [1.82, 2.24) is 4.90 Å². The highest BCUT2D eigenvalue weighted by molar-refractivity contribution is 5.45. The average molecular weight is 318 g/mol. The van der Waals surface area contributed by atoms with Crippen LogP contribution in [0.4, 0.5) is 0 Å². The molecule has 0 aliphatic carbocycles. The molecule has 1 saturated heterocycles. The first kappa shape index (κ1) is 16.7. The molecule has 2 heteroatoms. The number of benzene rings is 2. The molecule has 0 radical (unpaired) electrons. The summed E-state index contributed by atoms with van der Waals surface area (Å²) in [5, 5.41) is 10.2. The summed E-state index contributed by atoms with van der Waals surface area (Å²) in [6, 6.07) is 23.9. The number of hydrogen-bond acceptors (Lipinski definition) is 2. The Morgan fingerprint density at radius 1 is 1.00 bits per heavy atom. The molecular formula is C22H26N2. The summed E-state index contributed by atoms with van der Waals surface area (Å²) >= 11 is 0. The van der Waals surface area contributed by atoms with Crippen LogP contribution in [-0.2, 0) is 5.41 Å². The van der Waals surface area contributed by atoms with Crippen molar-refractivity contribution in [3.05, 3.63) is 71.8 Å². The molecular weight excluding hydrogens is 292 g/mol. The molecule has 24 heavy (non-hydrogen) atoms.